The zero-order valence-electron chi connectivity index (χ0n) is 42.3. The minimum Gasteiger partial charge on any atom is -0.507 e. The summed E-state index contributed by atoms with van der Waals surface area (Å²) in [5.41, 5.74) is 7.16. The number of hydrogen-bond donors (Lipinski definition) is 4. The van der Waals surface area contributed by atoms with E-state index in [-0.39, 0.29) is 43.4 Å². The molecule has 3 amide bonds. The van der Waals surface area contributed by atoms with Crippen molar-refractivity contribution < 1.29 is 48.3 Å². The second kappa shape index (κ2) is 23.2. The Hall–Kier alpha value is -4.75. The van der Waals surface area contributed by atoms with Crippen LogP contribution in [-0.2, 0) is 38.1 Å². The van der Waals surface area contributed by atoms with Crippen molar-refractivity contribution in [3.63, 3.8) is 0 Å². The van der Waals surface area contributed by atoms with E-state index in [4.69, 9.17) is 18.9 Å². The fourth-order valence-electron chi connectivity index (χ4n) is 10.3. The number of amides is 3. The van der Waals surface area contributed by atoms with Gasteiger partial charge in [-0.1, -0.05) is 62.7 Å². The molecule has 1 spiro atoms. The van der Waals surface area contributed by atoms with Gasteiger partial charge in [0.05, 0.1) is 60.8 Å². The Morgan fingerprint density at radius 3 is 2.14 bits per heavy atom. The molecule has 4 heterocycles. The normalized spacial score (nSPS) is 23.2. The van der Waals surface area contributed by atoms with Crippen LogP contribution in [0.2, 0.25) is 0 Å². The molecule has 4 aliphatic rings. The van der Waals surface area contributed by atoms with Crippen molar-refractivity contribution in [2.75, 3.05) is 78.8 Å². The zero-order valence-corrected chi connectivity index (χ0v) is 43.1. The van der Waals surface area contributed by atoms with Crippen molar-refractivity contribution in [1.29, 1.82) is 0 Å². The second-order valence-electron chi connectivity index (χ2n) is 20.7. The number of aliphatic hydroxyl groups excluding tert-OH is 2. The lowest BCUT2D eigenvalue weighted by atomic mass is 9.80. The number of rotatable bonds is 19. The van der Waals surface area contributed by atoms with Crippen LogP contribution in [0.5, 0.6) is 0 Å². The van der Waals surface area contributed by atoms with Gasteiger partial charge in [-0.15, -0.1) is 11.3 Å². The molecule has 17 heteroatoms. The van der Waals surface area contributed by atoms with Crippen LogP contribution in [-0.4, -0.2) is 162 Å². The number of aryl methyl sites for hydroxylation is 4. The van der Waals surface area contributed by atoms with E-state index in [1.807, 2.05) is 97.3 Å². The van der Waals surface area contributed by atoms with Crippen molar-refractivity contribution in [3.8, 4) is 10.4 Å². The van der Waals surface area contributed by atoms with Gasteiger partial charge in [0.1, 0.15) is 24.3 Å². The summed E-state index contributed by atoms with van der Waals surface area (Å²) in [6.45, 7) is 22.1. The molecule has 3 aromatic rings. The summed E-state index contributed by atoms with van der Waals surface area (Å²) in [5.74, 6) is -1.60. The number of ether oxygens (including phenoxy) is 4. The number of benzene rings is 2. The molecule has 1 saturated carbocycles. The molecule has 1 aliphatic carbocycles. The third kappa shape index (κ3) is 12.8. The van der Waals surface area contributed by atoms with Gasteiger partial charge in [-0.2, -0.15) is 0 Å². The fourth-order valence-corrected chi connectivity index (χ4v) is 11.2. The third-order valence-electron chi connectivity index (χ3n) is 14.3. The first-order chi connectivity index (χ1) is 33.3. The zero-order chi connectivity index (χ0) is 50.3. The Morgan fingerprint density at radius 1 is 0.914 bits per heavy atom. The van der Waals surface area contributed by atoms with Crippen LogP contribution in [0.3, 0.4) is 0 Å². The topological polar surface area (TPSA) is 192 Å². The van der Waals surface area contributed by atoms with Crippen molar-refractivity contribution in [3.05, 3.63) is 81.2 Å². The lowest BCUT2D eigenvalue weighted by Gasteiger charge is -2.36. The number of carbonyl (C=O) groups is 4. The minimum atomic E-state index is -0.980. The molecular weight excluding hydrogens is 913 g/mol. The average Bonchev–Trinajstić information content (AvgIpc) is 4.00. The lowest BCUT2D eigenvalue weighted by Crippen LogP contribution is -2.58. The molecule has 0 bridgehead atoms. The molecule has 0 radical (unpaired) electrons. The maximum Gasteiger partial charge on any atom is 0.343 e. The summed E-state index contributed by atoms with van der Waals surface area (Å²) < 4.78 is 23.7. The molecule has 4 N–H and O–H groups in total. The van der Waals surface area contributed by atoms with E-state index in [0.717, 1.165) is 76.7 Å². The van der Waals surface area contributed by atoms with Crippen LogP contribution in [0.25, 0.3) is 16.0 Å². The number of thiazole rings is 1. The predicted molar refractivity (Wildman–Crippen MR) is 268 cm³/mol. The second-order valence-corrected chi connectivity index (χ2v) is 21.5. The van der Waals surface area contributed by atoms with Crippen LogP contribution < -0.4 is 10.6 Å². The summed E-state index contributed by atoms with van der Waals surface area (Å²) in [7, 11) is 0. The number of aromatic nitrogens is 1. The average molecular weight is 987 g/mol. The molecule has 7 rings (SSSR count). The first-order valence-electron chi connectivity index (χ1n) is 24.9. The largest absolute Gasteiger partial charge is 0.507 e. The molecule has 3 aliphatic heterocycles. The number of esters is 1. The molecule has 0 unspecified atom stereocenters. The number of piperazine rings is 1. The highest BCUT2D eigenvalue weighted by molar-refractivity contribution is 7.13. The van der Waals surface area contributed by atoms with E-state index < -0.39 is 47.0 Å². The highest BCUT2D eigenvalue weighted by Crippen LogP contribution is 2.47. The van der Waals surface area contributed by atoms with Gasteiger partial charge in [-0.25, -0.2) is 9.78 Å². The van der Waals surface area contributed by atoms with Crippen molar-refractivity contribution in [2.45, 2.75) is 123 Å². The summed E-state index contributed by atoms with van der Waals surface area (Å²) in [6.07, 6.45) is 1.64. The molecule has 16 nitrogen and oxygen atoms in total. The number of carbonyl (C=O) groups excluding carboxylic acids is 4. The van der Waals surface area contributed by atoms with E-state index in [9.17, 15) is 29.4 Å². The molecule has 382 valence electrons. The summed E-state index contributed by atoms with van der Waals surface area (Å²) >= 11 is 1.58. The predicted octanol–water partition coefficient (Wildman–Crippen LogP) is 5.59. The number of aliphatic hydroxyl groups is 2. The van der Waals surface area contributed by atoms with Gasteiger partial charge in [0.25, 0.3) is 0 Å². The standard InChI is InChI=1S/C53H74N6O10S/c1-33-27-34(2)44(35(3)28-33)45-48(62)53(69-51(45)65)15-13-41(14-16-53)68-26-25-66-23-21-57-17-19-58(20-18-57)22-24-67-31-43(61)56-47(52(6,7)8)50(64)59-30-40(60)29-42(59)49(63)55-36(4)38-9-11-39(12-10-38)46-37(5)54-32-70-46/h9-12,27-28,32,36,40-42,47,60,62H,13-26,29-31H2,1-8H3,(H,55,63)(H,56,61)/t36-,40+,41?,42-,47+,53?/m0/s1. The summed E-state index contributed by atoms with van der Waals surface area (Å²) in [5, 5.41) is 27.9. The van der Waals surface area contributed by atoms with Gasteiger partial charge in [-0.05, 0) is 93.5 Å². The van der Waals surface area contributed by atoms with Gasteiger partial charge >= 0.3 is 5.97 Å². The highest BCUT2D eigenvalue weighted by Gasteiger charge is 2.51. The van der Waals surface area contributed by atoms with Crippen LogP contribution in [0.1, 0.15) is 99.4 Å². The van der Waals surface area contributed by atoms with E-state index >= 15 is 0 Å². The van der Waals surface area contributed by atoms with Crippen LogP contribution in [0, 0.1) is 33.1 Å². The van der Waals surface area contributed by atoms with Crippen LogP contribution >= 0.6 is 11.3 Å². The Morgan fingerprint density at radius 2 is 1.54 bits per heavy atom. The van der Waals surface area contributed by atoms with Gasteiger partial charge < -0.3 is 44.7 Å². The minimum absolute atomic E-state index is 0.00482. The van der Waals surface area contributed by atoms with Crippen LogP contribution in [0.15, 0.2) is 47.7 Å². The lowest BCUT2D eigenvalue weighted by molar-refractivity contribution is -0.152. The SMILES string of the molecule is Cc1cc(C)c(C2=C(O)C3(CCC(OCCOCCN4CCN(CCOCC(=O)N[C@H](C(=O)N5C[C@H](O)C[C@H]5C(=O)N[C@@H](C)c5ccc(-c6scnc6C)cc5)C(C)(C)C)CC4)CC3)OC2=O)c(C)c1. The van der Waals surface area contributed by atoms with Gasteiger partial charge in [0.2, 0.25) is 17.7 Å². The fraction of sp³-hybridized carbons (Fsp3) is 0.604. The Bertz CT molecular complexity index is 2320. The Labute approximate surface area is 417 Å². The van der Waals surface area contributed by atoms with Gasteiger partial charge in [-0.3, -0.25) is 24.2 Å². The molecule has 70 heavy (non-hydrogen) atoms. The molecule has 4 atom stereocenters. The number of hydrogen-bond acceptors (Lipinski definition) is 14. The number of likely N-dealkylation sites (tertiary alicyclic amines) is 1. The summed E-state index contributed by atoms with van der Waals surface area (Å²) in [4.78, 5) is 65.5. The number of β-amino-alcohol motifs (C(OH)–C–C–N with tert-alkyl or cyclic N) is 1. The van der Waals surface area contributed by atoms with Crippen molar-refractivity contribution >= 4 is 40.6 Å². The number of nitrogens with zero attached hydrogens (tertiary/aromatic N) is 4. The van der Waals surface area contributed by atoms with Crippen LogP contribution in [0.4, 0.5) is 0 Å². The summed E-state index contributed by atoms with van der Waals surface area (Å²) in [6, 6.07) is 9.84. The number of nitrogens with one attached hydrogen (secondary N) is 2. The monoisotopic (exact) mass is 987 g/mol. The molecule has 3 fully saturated rings. The highest BCUT2D eigenvalue weighted by atomic mass is 32.1. The Balaban J connectivity index is 0.755. The van der Waals surface area contributed by atoms with E-state index in [2.05, 4.69) is 25.4 Å². The van der Waals surface area contributed by atoms with E-state index in [1.165, 1.54) is 4.90 Å². The quantitative estimate of drug-likeness (QED) is 0.0860. The van der Waals surface area contributed by atoms with Gasteiger partial charge in [0, 0.05) is 52.2 Å². The van der Waals surface area contributed by atoms with Crippen molar-refractivity contribution in [1.82, 2.24) is 30.3 Å². The maximum atomic E-state index is 14.1. The maximum absolute atomic E-state index is 14.1. The molecule has 1 aromatic heterocycles. The first kappa shape index (κ1) is 53.1. The third-order valence-corrected chi connectivity index (χ3v) is 15.2. The molecular formula is C53H74N6O10S. The van der Waals surface area contributed by atoms with Gasteiger partial charge in [0.15, 0.2) is 11.4 Å². The Kier molecular flexibility index (Phi) is 17.6. The first-order valence-corrected chi connectivity index (χ1v) is 25.8. The van der Waals surface area contributed by atoms with Crippen molar-refractivity contribution in [2.24, 2.45) is 5.41 Å². The van der Waals surface area contributed by atoms with E-state index in [0.29, 0.717) is 64.2 Å². The smallest absolute Gasteiger partial charge is 0.343 e. The molecule has 2 saturated heterocycles. The van der Waals surface area contributed by atoms with E-state index in [1.54, 1.807) is 11.3 Å². The molecule has 2 aromatic carbocycles.